The number of rotatable bonds is 28. The molecule has 4 unspecified atom stereocenters. The second kappa shape index (κ2) is 104. The maximum Gasteiger partial charge on any atom is 1.00 e. The van der Waals surface area contributed by atoms with Crippen molar-refractivity contribution in [3.8, 4) is 0 Å². The average molecular weight is 2390 g/mol. The van der Waals surface area contributed by atoms with E-state index in [2.05, 4.69) is 98.9 Å². The van der Waals surface area contributed by atoms with E-state index >= 15 is 0 Å². The number of thiol groups is 1. The predicted molar refractivity (Wildman–Crippen MR) is 463 cm³/mol. The van der Waals surface area contributed by atoms with Crippen molar-refractivity contribution in [1.29, 1.82) is 0 Å². The maximum atomic E-state index is 11.8. The topological polar surface area (TPSA) is 210 Å². The Kier molecular flexibility index (Phi) is 131. The quantitative estimate of drug-likeness (QED) is 0.00721. The monoisotopic (exact) mass is 2390 g/mol. The van der Waals surface area contributed by atoms with Gasteiger partial charge >= 0.3 is 124 Å². The van der Waals surface area contributed by atoms with Crippen molar-refractivity contribution in [1.82, 2.24) is 0 Å². The van der Waals surface area contributed by atoms with Gasteiger partial charge in [-0.25, -0.2) is 0 Å². The fraction of sp³-hybridized carbons (Fsp3) is 0.941. The molecule has 0 saturated carbocycles. The summed E-state index contributed by atoms with van der Waals surface area (Å²) >= 11 is 26.9. The van der Waals surface area contributed by atoms with E-state index in [0.717, 1.165) is 124 Å². The van der Waals surface area contributed by atoms with Crippen LogP contribution in [0.1, 0.15) is 183 Å². The number of aliphatic hydroxyl groups is 4. The molecule has 4 fully saturated rings. The Morgan fingerprint density at radius 1 is 0.445 bits per heavy atom. The molecule has 0 amide bonds. The average Bonchev–Trinajstić information content (AvgIpc) is 0.999. The molecule has 119 heavy (non-hydrogen) atoms. The van der Waals surface area contributed by atoms with Crippen LogP contribution in [0.4, 0.5) is 92.2 Å². The minimum Gasteiger partial charge on any atom is -0.850 e. The van der Waals surface area contributed by atoms with Gasteiger partial charge in [-0.2, -0.15) is 128 Å². The largest absolute Gasteiger partial charge is 1.00 e. The first kappa shape index (κ1) is 150. The van der Waals surface area contributed by atoms with Crippen LogP contribution in [0.25, 0.3) is 0 Å². The number of hydrogen-bond donors (Lipinski definition) is 5. The van der Waals surface area contributed by atoms with E-state index in [1.54, 1.807) is 76.5 Å². The van der Waals surface area contributed by atoms with Crippen molar-refractivity contribution in [2.24, 2.45) is 0 Å². The van der Waals surface area contributed by atoms with Crippen LogP contribution in [0.2, 0.25) is 0 Å². The van der Waals surface area contributed by atoms with Gasteiger partial charge in [0.1, 0.15) is 5.52 Å². The number of allylic oxidation sites excluding steroid dienone is 1. The number of hydrogen-bond acceptors (Lipinski definition) is 22. The molecule has 0 aromatic rings. The van der Waals surface area contributed by atoms with Crippen molar-refractivity contribution in [2.75, 3.05) is 134 Å². The van der Waals surface area contributed by atoms with Crippen LogP contribution < -0.4 is 91.2 Å². The molecule has 0 bridgehead atoms. The molecule has 0 radical (unpaired) electrons. The summed E-state index contributed by atoms with van der Waals surface area (Å²) < 4.78 is 287. The third kappa shape index (κ3) is 196. The fourth-order valence-corrected chi connectivity index (χ4v) is 11.4. The summed E-state index contributed by atoms with van der Waals surface area (Å²) in [5.41, 5.74) is -0.794. The first-order valence-electron chi connectivity index (χ1n) is 35.6. The zero-order chi connectivity index (χ0) is 92.7. The molecule has 0 aromatic carbocycles. The predicted octanol–water partition coefficient (Wildman–Crippen LogP) is 18.8. The number of alkyl halides is 27. The van der Waals surface area contributed by atoms with Crippen LogP contribution in [-0.4, -0.2) is 234 Å². The summed E-state index contributed by atoms with van der Waals surface area (Å²) in [6.07, 6.45) is -13.2. The van der Waals surface area contributed by atoms with Crippen LogP contribution in [0.15, 0.2) is 25.0 Å². The van der Waals surface area contributed by atoms with Gasteiger partial charge in [0.05, 0.1) is 98.5 Å². The van der Waals surface area contributed by atoms with E-state index < -0.39 is 99.4 Å². The molecular weight excluding hydrogens is 2270 g/mol. The van der Waals surface area contributed by atoms with Gasteiger partial charge in [0.2, 0.25) is 0 Å². The molecule has 5 aliphatic rings. The van der Waals surface area contributed by atoms with Crippen LogP contribution in [0.5, 0.6) is 0 Å². The summed E-state index contributed by atoms with van der Waals surface area (Å²) in [5, 5.41) is 52.4. The Morgan fingerprint density at radius 3 is 0.882 bits per heavy atom. The second-order valence-electron chi connectivity index (χ2n) is 24.0. The number of halogens is 27. The third-order valence-electron chi connectivity index (χ3n) is 10.6. The molecular formula is C68H123Br5F21IKNaO15S7. The Morgan fingerprint density at radius 2 is 0.706 bits per heavy atom. The summed E-state index contributed by atoms with van der Waals surface area (Å²) in [5.74, 6) is 1.41. The van der Waals surface area contributed by atoms with Gasteiger partial charge in [-0.3, -0.25) is 0 Å². The van der Waals surface area contributed by atoms with Crippen LogP contribution >= 0.6 is 185 Å². The Bertz CT molecular complexity index is 1840. The van der Waals surface area contributed by atoms with Crippen LogP contribution in [0.3, 0.4) is 0 Å². The van der Waals surface area contributed by atoms with Crippen molar-refractivity contribution in [2.45, 2.75) is 263 Å². The van der Waals surface area contributed by atoms with Crippen LogP contribution in [0, 0.1) is 0 Å². The van der Waals surface area contributed by atoms with Gasteiger partial charge < -0.3 is 73.3 Å². The molecule has 0 aliphatic carbocycles. The Hall–Kier alpha value is 5.47. The summed E-state index contributed by atoms with van der Waals surface area (Å²) in [7, 11) is 0. The molecule has 15 nitrogen and oxygen atoms in total. The van der Waals surface area contributed by atoms with Crippen molar-refractivity contribution in [3.05, 3.63) is 25.0 Å². The molecule has 0 aromatic heterocycles. The van der Waals surface area contributed by atoms with E-state index in [0.29, 0.717) is 35.1 Å². The van der Waals surface area contributed by atoms with E-state index in [1.165, 1.54) is 62.0 Å². The fourth-order valence-electron chi connectivity index (χ4n) is 5.96. The van der Waals surface area contributed by atoms with Gasteiger partial charge in [-0.15, -0.1) is 64.8 Å². The molecule has 5 rings (SSSR count). The smallest absolute Gasteiger partial charge is 0.850 e. The van der Waals surface area contributed by atoms with Gasteiger partial charge in [-0.05, 0) is 96.0 Å². The number of thioether (sulfide) groups is 6. The Balaban J connectivity index is -0.000000105. The van der Waals surface area contributed by atoms with E-state index in [-0.39, 0.29) is 180 Å². The molecule has 5 aliphatic heterocycles. The molecule has 51 heteroatoms. The molecule has 718 valence electrons. The van der Waals surface area contributed by atoms with Crippen molar-refractivity contribution in [3.63, 3.8) is 0 Å². The van der Waals surface area contributed by atoms with Gasteiger partial charge in [0.25, 0.3) is 0 Å². The van der Waals surface area contributed by atoms with Gasteiger partial charge in [0.15, 0.2) is 25.2 Å². The standard InChI is InChI=1S/2C9H15F3O2S.C6H11BrO2.C6H9F3S.C6H12O2S.C5H8O.C4H6BrF3S.2C4H7F3OS.2C4H9O.C3H4F3I.C2H5Br.2CH3BrO.K.Na/c2*10-9(11,12)4-6-15-7-14-8-3-1-2-5-13-8;7-5-9-6-3-1-2-4-8-6;1-2-4-10-5-3-6(7,8)9;9-5-8-6-3-1-2-4-7-6;1-2-4-6-5-3-1;5-3-9-2-1-4(6,7)8;2*5-4(6,7)1-2-9-3-8;2*1-4(2,3)5;4-3(5,6)1-2-7;1-2-3;2*2-1-3;;/h2*8H,1-7H2;6H,1-5H2;2H,1,3-5H2;6,9H,1-5H2;2,4H,1,3,5H2;1-3H2;2*8H,1-3H2;2*1-3H3;1-2H2;2H2,1H3;2*3H,1H2;;/q;;;;;;;;;2*-1;;;;;2*+1. The van der Waals surface area contributed by atoms with E-state index in [4.69, 9.17) is 63.1 Å². The summed E-state index contributed by atoms with van der Waals surface area (Å²) in [6, 6.07) is 0. The second-order valence-corrected chi connectivity index (χ2v) is 35.7. The van der Waals surface area contributed by atoms with Crippen molar-refractivity contribution < 1.29 is 246 Å². The molecule has 4 atom stereocenters. The molecule has 5 heterocycles. The summed E-state index contributed by atoms with van der Waals surface area (Å²) in [4.78, 5) is 0. The number of aliphatic hydroxyl groups excluding tert-OH is 4. The Labute approximate surface area is 843 Å². The first-order valence-corrected chi connectivity index (χ1v) is 50.3. The molecule has 0 spiro atoms. The van der Waals surface area contributed by atoms with Crippen molar-refractivity contribution >= 4 is 185 Å². The zero-order valence-electron chi connectivity index (χ0n) is 68.7. The van der Waals surface area contributed by atoms with E-state index in [1.807, 2.05) is 13.0 Å². The van der Waals surface area contributed by atoms with Crippen LogP contribution in [-0.2, 0) is 42.6 Å². The third-order valence-corrected chi connectivity index (χ3v) is 17.1. The normalized spacial score (nSPS) is 16.9. The summed E-state index contributed by atoms with van der Waals surface area (Å²) in [6.45, 7) is 19.2. The first-order chi connectivity index (χ1) is 54.1. The van der Waals surface area contributed by atoms with Gasteiger partial charge in [0, 0.05) is 81.1 Å². The maximum absolute atomic E-state index is 11.8. The minimum absolute atomic E-state index is 0. The zero-order valence-corrected chi connectivity index (χ0v) is 89.7. The molecule has 4 N–H and O–H groups in total. The van der Waals surface area contributed by atoms with Gasteiger partial charge in [-0.1, -0.05) is 157 Å². The van der Waals surface area contributed by atoms with E-state index in [9.17, 15) is 102 Å². The molecule has 4 saturated heterocycles. The SMILES string of the molecule is BrCOC1CCCCO1.C1=COCCC1.C=CCSCCC(F)(F)F.CC(C)(C)[O-].CC(C)(C)[O-].CCBr.FC(F)(F)CCI.FC(F)(F)CCSCBr.FC(F)(F)CCSCOC1CCCCO1.FC(F)(F)CCSCOC1CCCCO1.OCBr.OCBr.OCSCCC(F)(F)F.OCSCCC(F)(F)F.SCOC1CCCCO1.[K+].[Na+]. The number of ether oxygens (including phenoxy) is 9. The minimum atomic E-state index is -4.08.